The lowest BCUT2D eigenvalue weighted by Crippen LogP contribution is -2.13. The fourth-order valence-corrected chi connectivity index (χ4v) is 1.52. The van der Waals surface area contributed by atoms with Crippen LogP contribution in [-0.4, -0.2) is 10.8 Å². The van der Waals surface area contributed by atoms with E-state index >= 15 is 0 Å². The Morgan fingerprint density at radius 1 is 1.17 bits per heavy atom. The highest BCUT2D eigenvalue weighted by molar-refractivity contribution is 5.93. The summed E-state index contributed by atoms with van der Waals surface area (Å²) in [5.74, 6) is 1.10. The molecule has 1 aromatic carbocycles. The van der Waals surface area contributed by atoms with Crippen LogP contribution in [0.15, 0.2) is 36.4 Å². The number of benzene rings is 1. The lowest BCUT2D eigenvalue weighted by molar-refractivity contribution is 0.462. The van der Waals surface area contributed by atoms with Gasteiger partial charge < -0.3 is 10.5 Å². The number of nitrogen functional groups attached to an aromatic ring is 1. The van der Waals surface area contributed by atoms with Crippen molar-refractivity contribution >= 4 is 5.84 Å². The summed E-state index contributed by atoms with van der Waals surface area (Å²) < 4.78 is 5.64. The minimum absolute atomic E-state index is 0.0689. The first-order chi connectivity index (χ1) is 8.56. The van der Waals surface area contributed by atoms with Gasteiger partial charge in [0, 0.05) is 6.07 Å². The number of aromatic nitrogens is 1. The lowest BCUT2D eigenvalue weighted by Gasteiger charge is -2.08. The Labute approximate surface area is 106 Å². The number of ether oxygens (including phenoxy) is 1. The van der Waals surface area contributed by atoms with Crippen molar-refractivity contribution < 1.29 is 4.74 Å². The van der Waals surface area contributed by atoms with Crippen molar-refractivity contribution in [3.8, 4) is 11.6 Å². The molecular weight excluding hydrogens is 226 g/mol. The van der Waals surface area contributed by atoms with Crippen molar-refractivity contribution in [2.45, 2.75) is 13.8 Å². The van der Waals surface area contributed by atoms with Crippen LogP contribution < -0.4 is 10.5 Å². The zero-order valence-electron chi connectivity index (χ0n) is 10.4. The molecule has 1 heterocycles. The molecule has 0 unspecified atom stereocenters. The molecule has 4 nitrogen and oxygen atoms in total. The standard InChI is InChI=1S/C14H15N3O/c1-9-6-7-11(8-10(9)2)18-13-5-3-4-12(17-13)14(15)16/h3-8H,1-2H3,(H3,15,16). The molecule has 0 amide bonds. The molecule has 18 heavy (non-hydrogen) atoms. The third-order valence-corrected chi connectivity index (χ3v) is 2.70. The highest BCUT2D eigenvalue weighted by atomic mass is 16.5. The van der Waals surface area contributed by atoms with Gasteiger partial charge in [-0.3, -0.25) is 5.41 Å². The summed E-state index contributed by atoms with van der Waals surface area (Å²) in [7, 11) is 0. The van der Waals surface area contributed by atoms with Gasteiger partial charge in [0.2, 0.25) is 5.88 Å². The topological polar surface area (TPSA) is 72.0 Å². The molecule has 92 valence electrons. The molecular formula is C14H15N3O. The Hall–Kier alpha value is -2.36. The molecule has 3 N–H and O–H groups in total. The number of pyridine rings is 1. The van der Waals surface area contributed by atoms with Crippen LogP contribution >= 0.6 is 0 Å². The first-order valence-electron chi connectivity index (χ1n) is 5.63. The highest BCUT2D eigenvalue weighted by Crippen LogP contribution is 2.22. The van der Waals surface area contributed by atoms with E-state index in [1.165, 1.54) is 5.56 Å². The summed E-state index contributed by atoms with van der Waals surface area (Å²) in [5, 5.41) is 7.33. The van der Waals surface area contributed by atoms with E-state index in [1.54, 1.807) is 18.2 Å². The van der Waals surface area contributed by atoms with Gasteiger partial charge in [-0.2, -0.15) is 0 Å². The van der Waals surface area contributed by atoms with E-state index in [2.05, 4.69) is 4.98 Å². The van der Waals surface area contributed by atoms with E-state index in [1.807, 2.05) is 32.0 Å². The Morgan fingerprint density at radius 3 is 2.61 bits per heavy atom. The van der Waals surface area contributed by atoms with E-state index in [9.17, 15) is 0 Å². The van der Waals surface area contributed by atoms with Crippen molar-refractivity contribution in [2.75, 3.05) is 0 Å². The van der Waals surface area contributed by atoms with Crippen molar-refractivity contribution in [3.63, 3.8) is 0 Å². The van der Waals surface area contributed by atoms with E-state index in [0.29, 0.717) is 11.6 Å². The number of nitrogens with one attached hydrogen (secondary N) is 1. The van der Waals surface area contributed by atoms with E-state index in [4.69, 9.17) is 15.9 Å². The molecule has 1 aromatic heterocycles. The van der Waals surface area contributed by atoms with Gasteiger partial charge in [0.1, 0.15) is 17.3 Å². The number of nitrogens with zero attached hydrogens (tertiary/aromatic N) is 1. The molecule has 0 bridgehead atoms. The molecule has 0 aliphatic rings. The van der Waals surface area contributed by atoms with Gasteiger partial charge in [-0.05, 0) is 43.2 Å². The minimum Gasteiger partial charge on any atom is -0.439 e. The van der Waals surface area contributed by atoms with Gasteiger partial charge in [0.05, 0.1) is 0 Å². The Morgan fingerprint density at radius 2 is 1.94 bits per heavy atom. The Balaban J connectivity index is 2.25. The molecule has 0 saturated carbocycles. The van der Waals surface area contributed by atoms with Crippen LogP contribution in [-0.2, 0) is 0 Å². The molecule has 0 aliphatic carbocycles. The maximum absolute atomic E-state index is 7.33. The second-order valence-corrected chi connectivity index (χ2v) is 4.12. The number of hydrogen-bond donors (Lipinski definition) is 2. The van der Waals surface area contributed by atoms with Crippen molar-refractivity contribution in [3.05, 3.63) is 53.2 Å². The average molecular weight is 241 g/mol. The molecule has 0 spiro atoms. The predicted octanol–water partition coefficient (Wildman–Crippen LogP) is 2.77. The summed E-state index contributed by atoms with van der Waals surface area (Å²) in [6.45, 7) is 4.08. The van der Waals surface area contributed by atoms with E-state index in [0.717, 1.165) is 11.3 Å². The summed E-state index contributed by atoms with van der Waals surface area (Å²) in [6.07, 6.45) is 0. The first-order valence-corrected chi connectivity index (χ1v) is 5.63. The van der Waals surface area contributed by atoms with Crippen LogP contribution in [0.1, 0.15) is 16.8 Å². The largest absolute Gasteiger partial charge is 0.439 e. The van der Waals surface area contributed by atoms with Crippen molar-refractivity contribution in [1.29, 1.82) is 5.41 Å². The highest BCUT2D eigenvalue weighted by Gasteiger charge is 2.03. The van der Waals surface area contributed by atoms with Gasteiger partial charge in [0.25, 0.3) is 0 Å². The first kappa shape index (κ1) is 12.1. The second kappa shape index (κ2) is 4.87. The summed E-state index contributed by atoms with van der Waals surface area (Å²) in [4.78, 5) is 4.15. The van der Waals surface area contributed by atoms with Crippen LogP contribution in [0.25, 0.3) is 0 Å². The van der Waals surface area contributed by atoms with Crippen LogP contribution in [0.5, 0.6) is 11.6 Å². The fourth-order valence-electron chi connectivity index (χ4n) is 1.52. The van der Waals surface area contributed by atoms with Gasteiger partial charge in [0.15, 0.2) is 0 Å². The average Bonchev–Trinajstić information content (AvgIpc) is 2.34. The summed E-state index contributed by atoms with van der Waals surface area (Å²) in [5.41, 5.74) is 8.18. The molecule has 0 saturated heterocycles. The van der Waals surface area contributed by atoms with Gasteiger partial charge >= 0.3 is 0 Å². The third kappa shape index (κ3) is 2.66. The smallest absolute Gasteiger partial charge is 0.219 e. The molecule has 0 atom stereocenters. The number of rotatable bonds is 3. The van der Waals surface area contributed by atoms with E-state index in [-0.39, 0.29) is 5.84 Å². The van der Waals surface area contributed by atoms with Crippen LogP contribution in [0.2, 0.25) is 0 Å². The quantitative estimate of drug-likeness (QED) is 0.641. The predicted molar refractivity (Wildman–Crippen MR) is 71.2 cm³/mol. The minimum atomic E-state index is -0.0689. The normalized spacial score (nSPS) is 10.1. The summed E-state index contributed by atoms with van der Waals surface area (Å²) in [6, 6.07) is 11.0. The number of amidine groups is 1. The molecule has 0 fully saturated rings. The fraction of sp³-hybridized carbons (Fsp3) is 0.143. The number of hydrogen-bond acceptors (Lipinski definition) is 3. The van der Waals surface area contributed by atoms with Crippen LogP contribution in [0.3, 0.4) is 0 Å². The monoisotopic (exact) mass is 241 g/mol. The Bertz CT molecular complexity index is 593. The summed E-state index contributed by atoms with van der Waals surface area (Å²) >= 11 is 0. The second-order valence-electron chi connectivity index (χ2n) is 4.12. The van der Waals surface area contributed by atoms with Gasteiger partial charge in [-0.25, -0.2) is 4.98 Å². The Kier molecular flexibility index (Phi) is 3.28. The molecule has 0 radical (unpaired) electrons. The van der Waals surface area contributed by atoms with E-state index < -0.39 is 0 Å². The molecule has 2 rings (SSSR count). The third-order valence-electron chi connectivity index (χ3n) is 2.70. The molecule has 4 heteroatoms. The SMILES string of the molecule is Cc1ccc(Oc2cccc(C(=N)N)n2)cc1C. The van der Waals surface area contributed by atoms with Crippen LogP contribution in [0, 0.1) is 19.3 Å². The molecule has 0 aliphatic heterocycles. The maximum atomic E-state index is 7.33. The number of aryl methyl sites for hydroxylation is 2. The van der Waals surface area contributed by atoms with Crippen molar-refractivity contribution in [1.82, 2.24) is 4.98 Å². The zero-order chi connectivity index (χ0) is 13.1. The maximum Gasteiger partial charge on any atom is 0.219 e. The van der Waals surface area contributed by atoms with Gasteiger partial charge in [-0.15, -0.1) is 0 Å². The van der Waals surface area contributed by atoms with Gasteiger partial charge in [-0.1, -0.05) is 12.1 Å². The zero-order valence-corrected chi connectivity index (χ0v) is 10.4. The van der Waals surface area contributed by atoms with Crippen LogP contribution in [0.4, 0.5) is 0 Å². The lowest BCUT2D eigenvalue weighted by atomic mass is 10.1. The number of nitrogens with two attached hydrogens (primary N) is 1. The molecule has 2 aromatic rings. The van der Waals surface area contributed by atoms with Crippen molar-refractivity contribution in [2.24, 2.45) is 5.73 Å².